The Hall–Kier alpha value is -4.13. The van der Waals surface area contributed by atoms with Gasteiger partial charge in [-0.15, -0.1) is 0 Å². The molecule has 4 aromatic rings. The van der Waals surface area contributed by atoms with Crippen LogP contribution in [0.1, 0.15) is 27.2 Å². The molecule has 3 N–H and O–H groups in total. The Morgan fingerprint density at radius 2 is 1.97 bits per heavy atom. The van der Waals surface area contributed by atoms with E-state index < -0.39 is 5.91 Å². The first-order valence-corrected chi connectivity index (χ1v) is 9.94. The number of benzene rings is 3. The Bertz CT molecular complexity index is 1330. The van der Waals surface area contributed by atoms with E-state index in [2.05, 4.69) is 51.1 Å². The lowest BCUT2D eigenvalue weighted by Gasteiger charge is -2.06. The van der Waals surface area contributed by atoms with Crippen LogP contribution in [0.25, 0.3) is 22.0 Å². The van der Waals surface area contributed by atoms with Crippen LogP contribution in [0, 0.1) is 0 Å². The van der Waals surface area contributed by atoms with Gasteiger partial charge >= 0.3 is 0 Å². The van der Waals surface area contributed by atoms with E-state index in [-0.39, 0.29) is 5.75 Å². The Morgan fingerprint density at radius 3 is 2.81 bits per heavy atom. The van der Waals surface area contributed by atoms with E-state index in [0.29, 0.717) is 22.7 Å². The predicted molar refractivity (Wildman–Crippen MR) is 119 cm³/mol. The van der Waals surface area contributed by atoms with Gasteiger partial charge in [-0.05, 0) is 52.9 Å². The highest BCUT2D eigenvalue weighted by Gasteiger charge is 2.18. The maximum Gasteiger partial charge on any atom is 0.289 e. The number of methoxy groups -OCH3 is 1. The van der Waals surface area contributed by atoms with E-state index in [0.717, 1.165) is 23.8 Å². The SMILES string of the molecule is COc1cccc(/C=N/NC(=O)c2cc(-c3ccc4c5c(cccc35)CC4)n[nH]2)c1O. The van der Waals surface area contributed by atoms with E-state index in [1.807, 2.05) is 0 Å². The van der Waals surface area contributed by atoms with Crippen LogP contribution >= 0.6 is 0 Å². The predicted octanol–water partition coefficient (Wildman–Crippen LogP) is 3.81. The van der Waals surface area contributed by atoms with Crippen molar-refractivity contribution < 1.29 is 14.6 Å². The zero-order chi connectivity index (χ0) is 21.4. The number of aryl methyl sites for hydroxylation is 2. The average Bonchev–Trinajstić information content (AvgIpc) is 3.44. The molecule has 1 aromatic heterocycles. The number of hydrazone groups is 1. The smallest absolute Gasteiger partial charge is 0.289 e. The molecule has 154 valence electrons. The number of para-hydroxylation sites is 1. The molecule has 1 aliphatic carbocycles. The number of nitrogens with zero attached hydrogens (tertiary/aromatic N) is 2. The van der Waals surface area contributed by atoms with Gasteiger partial charge in [-0.2, -0.15) is 10.2 Å². The molecular weight excluding hydrogens is 392 g/mol. The molecular formula is C24H20N4O3. The Balaban J connectivity index is 1.37. The van der Waals surface area contributed by atoms with Crippen LogP contribution in [-0.4, -0.2) is 34.5 Å². The van der Waals surface area contributed by atoms with Crippen molar-refractivity contribution in [2.45, 2.75) is 12.8 Å². The van der Waals surface area contributed by atoms with Crippen molar-refractivity contribution in [1.29, 1.82) is 0 Å². The van der Waals surface area contributed by atoms with Crippen LogP contribution in [0.15, 0.2) is 59.7 Å². The summed E-state index contributed by atoms with van der Waals surface area (Å²) in [7, 11) is 1.47. The number of nitrogens with one attached hydrogen (secondary N) is 2. The molecule has 0 radical (unpaired) electrons. The van der Waals surface area contributed by atoms with E-state index in [4.69, 9.17) is 4.74 Å². The van der Waals surface area contributed by atoms with Crippen molar-refractivity contribution in [3.05, 3.63) is 77.0 Å². The minimum absolute atomic E-state index is 0.0427. The first-order chi connectivity index (χ1) is 15.2. The molecule has 0 unspecified atom stereocenters. The number of aromatic hydroxyl groups is 1. The molecule has 1 aliphatic rings. The molecule has 0 saturated carbocycles. The molecule has 31 heavy (non-hydrogen) atoms. The number of aromatic amines is 1. The Kier molecular flexibility index (Phi) is 4.63. The molecule has 0 aliphatic heterocycles. The van der Waals surface area contributed by atoms with Gasteiger partial charge in [0.25, 0.3) is 5.91 Å². The molecule has 7 nitrogen and oxygen atoms in total. The molecule has 0 bridgehead atoms. The monoisotopic (exact) mass is 412 g/mol. The van der Waals surface area contributed by atoms with Gasteiger partial charge in [-0.3, -0.25) is 9.89 Å². The number of amides is 1. The number of phenols is 1. The minimum Gasteiger partial charge on any atom is -0.504 e. The minimum atomic E-state index is -0.427. The number of hydrogen-bond acceptors (Lipinski definition) is 5. The van der Waals surface area contributed by atoms with Crippen molar-refractivity contribution in [1.82, 2.24) is 15.6 Å². The van der Waals surface area contributed by atoms with E-state index in [1.54, 1.807) is 24.3 Å². The standard InChI is InChI=1S/C24H20N4O3/c1-31-21-7-3-5-16(23(21)29)13-25-28-24(30)20-12-19(26-27-20)17-11-10-15-9-8-14-4-2-6-18(17)22(14)15/h2-7,10-13,29H,8-9H2,1H3,(H,26,27)(H,28,30)/b25-13+. The average molecular weight is 412 g/mol. The van der Waals surface area contributed by atoms with Gasteiger partial charge in [-0.1, -0.05) is 36.4 Å². The van der Waals surface area contributed by atoms with Crippen molar-refractivity contribution in [2.75, 3.05) is 7.11 Å². The summed E-state index contributed by atoms with van der Waals surface area (Å²) in [4.78, 5) is 12.5. The summed E-state index contributed by atoms with van der Waals surface area (Å²) in [6, 6.07) is 17.3. The summed E-state index contributed by atoms with van der Waals surface area (Å²) >= 11 is 0. The molecule has 0 atom stereocenters. The Labute approximate surface area is 178 Å². The maximum atomic E-state index is 12.5. The number of phenolic OH excluding ortho intramolecular Hbond substituents is 1. The topological polar surface area (TPSA) is 99.6 Å². The second-order valence-electron chi connectivity index (χ2n) is 7.38. The summed E-state index contributed by atoms with van der Waals surface area (Å²) in [6.45, 7) is 0. The van der Waals surface area contributed by atoms with Crippen LogP contribution in [-0.2, 0) is 12.8 Å². The first-order valence-electron chi connectivity index (χ1n) is 9.94. The van der Waals surface area contributed by atoms with E-state index >= 15 is 0 Å². The number of hydrogen-bond donors (Lipinski definition) is 3. The summed E-state index contributed by atoms with van der Waals surface area (Å²) in [5.41, 5.74) is 7.59. The molecule has 1 heterocycles. The summed E-state index contributed by atoms with van der Waals surface area (Å²) in [6.07, 6.45) is 3.48. The van der Waals surface area contributed by atoms with Crippen LogP contribution in [0.3, 0.4) is 0 Å². The fraction of sp³-hybridized carbons (Fsp3) is 0.125. The fourth-order valence-electron chi connectivity index (χ4n) is 4.08. The summed E-state index contributed by atoms with van der Waals surface area (Å²) in [5.74, 6) is -0.138. The van der Waals surface area contributed by atoms with Crippen LogP contribution < -0.4 is 10.2 Å². The molecule has 0 fully saturated rings. The molecule has 1 amide bonds. The third-order valence-corrected chi connectivity index (χ3v) is 5.60. The van der Waals surface area contributed by atoms with Crippen molar-refractivity contribution in [3.63, 3.8) is 0 Å². The number of H-pyrrole nitrogens is 1. The third kappa shape index (κ3) is 3.30. The number of rotatable bonds is 5. The zero-order valence-corrected chi connectivity index (χ0v) is 16.8. The van der Waals surface area contributed by atoms with Gasteiger partial charge in [0.05, 0.1) is 19.0 Å². The van der Waals surface area contributed by atoms with Crippen molar-refractivity contribution in [3.8, 4) is 22.8 Å². The number of carbonyl (C=O) groups is 1. The highest BCUT2D eigenvalue weighted by atomic mass is 16.5. The quantitative estimate of drug-likeness (QED) is 0.343. The lowest BCUT2D eigenvalue weighted by molar-refractivity contribution is 0.0950. The van der Waals surface area contributed by atoms with Crippen LogP contribution in [0.2, 0.25) is 0 Å². The van der Waals surface area contributed by atoms with E-state index in [9.17, 15) is 9.90 Å². The van der Waals surface area contributed by atoms with Crippen LogP contribution in [0.5, 0.6) is 11.5 Å². The van der Waals surface area contributed by atoms with Crippen molar-refractivity contribution >= 4 is 22.9 Å². The number of carbonyl (C=O) groups excluding carboxylic acids is 1. The second-order valence-corrected chi connectivity index (χ2v) is 7.38. The van der Waals surface area contributed by atoms with Gasteiger partial charge < -0.3 is 9.84 Å². The van der Waals surface area contributed by atoms with Gasteiger partial charge in [0, 0.05) is 11.1 Å². The normalized spacial score (nSPS) is 12.5. The van der Waals surface area contributed by atoms with Crippen molar-refractivity contribution in [2.24, 2.45) is 5.10 Å². The van der Waals surface area contributed by atoms with Gasteiger partial charge in [-0.25, -0.2) is 5.43 Å². The van der Waals surface area contributed by atoms with Crippen LogP contribution in [0.4, 0.5) is 0 Å². The molecule has 5 rings (SSSR count). The first kappa shape index (κ1) is 18.9. The zero-order valence-electron chi connectivity index (χ0n) is 16.8. The highest BCUT2D eigenvalue weighted by Crippen LogP contribution is 2.36. The second kappa shape index (κ2) is 7.60. The van der Waals surface area contributed by atoms with Gasteiger partial charge in [0.1, 0.15) is 5.69 Å². The molecule has 0 saturated heterocycles. The molecule has 0 spiro atoms. The number of aromatic nitrogens is 2. The largest absolute Gasteiger partial charge is 0.504 e. The summed E-state index contributed by atoms with van der Waals surface area (Å²) in [5, 5.41) is 23.6. The van der Waals surface area contributed by atoms with Gasteiger partial charge in [0.2, 0.25) is 0 Å². The maximum absolute atomic E-state index is 12.5. The molecule has 3 aromatic carbocycles. The fourth-order valence-corrected chi connectivity index (χ4v) is 4.08. The summed E-state index contributed by atoms with van der Waals surface area (Å²) < 4.78 is 5.06. The van der Waals surface area contributed by atoms with Gasteiger partial charge in [0.15, 0.2) is 11.5 Å². The third-order valence-electron chi connectivity index (χ3n) is 5.60. The highest BCUT2D eigenvalue weighted by molar-refractivity contribution is 6.02. The number of ether oxygens (including phenoxy) is 1. The van der Waals surface area contributed by atoms with E-state index in [1.165, 1.54) is 29.8 Å². The lowest BCUT2D eigenvalue weighted by atomic mass is 9.98. The lowest BCUT2D eigenvalue weighted by Crippen LogP contribution is -2.18. The Morgan fingerprint density at radius 1 is 1.16 bits per heavy atom. The molecule has 7 heteroatoms.